The number of fused-ring (bicyclic) bond motifs is 3. The Kier molecular flexibility index (Phi) is 5.27. The largest absolute Gasteiger partial charge is 0.375 e. The lowest BCUT2D eigenvalue weighted by atomic mass is 9.95. The van der Waals surface area contributed by atoms with Crippen LogP contribution in [-0.4, -0.2) is 68.1 Å². The maximum absolute atomic E-state index is 14.9. The minimum atomic E-state index is -1.30. The monoisotopic (exact) mass is 469 g/mol. The average molecular weight is 470 g/mol. The summed E-state index contributed by atoms with van der Waals surface area (Å²) in [6.45, 7) is 3.50. The van der Waals surface area contributed by atoms with E-state index in [4.69, 9.17) is 16.3 Å². The maximum atomic E-state index is 14.9. The highest BCUT2D eigenvalue weighted by Crippen LogP contribution is 2.35. The molecule has 5 heterocycles. The van der Waals surface area contributed by atoms with Gasteiger partial charge in [0.1, 0.15) is 11.6 Å². The first-order chi connectivity index (χ1) is 16.1. The lowest BCUT2D eigenvalue weighted by Crippen LogP contribution is -2.53. The van der Waals surface area contributed by atoms with Crippen LogP contribution in [0.2, 0.25) is 5.02 Å². The van der Waals surface area contributed by atoms with E-state index >= 15 is 0 Å². The van der Waals surface area contributed by atoms with Crippen molar-refractivity contribution in [3.63, 3.8) is 0 Å². The van der Waals surface area contributed by atoms with Crippen LogP contribution < -0.4 is 4.90 Å². The smallest absolute Gasteiger partial charge is 0.169 e. The van der Waals surface area contributed by atoms with Crippen molar-refractivity contribution in [1.29, 1.82) is 0 Å². The fourth-order valence-corrected chi connectivity index (χ4v) is 5.30. The van der Waals surface area contributed by atoms with Crippen LogP contribution in [0.3, 0.4) is 0 Å². The number of hydrogen-bond acceptors (Lipinski definition) is 7. The minimum Gasteiger partial charge on any atom is -0.375 e. The highest BCUT2D eigenvalue weighted by atomic mass is 35.5. The summed E-state index contributed by atoms with van der Waals surface area (Å²) in [5.74, 6) is 3.00. The van der Waals surface area contributed by atoms with Gasteiger partial charge in [0.2, 0.25) is 0 Å². The number of ether oxygens (including phenoxy) is 1. The second-order valence-corrected chi connectivity index (χ2v) is 9.63. The normalized spacial score (nSPS) is 20.6. The summed E-state index contributed by atoms with van der Waals surface area (Å²) < 4.78 is 22.2. The molecular formula is C23H25ClFN7O. The van der Waals surface area contributed by atoms with Crippen molar-refractivity contribution in [3.8, 4) is 5.69 Å². The predicted octanol–water partition coefficient (Wildman–Crippen LogP) is 3.15. The van der Waals surface area contributed by atoms with Crippen LogP contribution in [0, 0.1) is 0 Å². The zero-order valence-electron chi connectivity index (χ0n) is 18.2. The van der Waals surface area contributed by atoms with E-state index in [9.17, 15) is 4.39 Å². The highest BCUT2D eigenvalue weighted by Gasteiger charge is 2.41. The van der Waals surface area contributed by atoms with Gasteiger partial charge in [-0.3, -0.25) is 14.5 Å². The summed E-state index contributed by atoms with van der Waals surface area (Å²) in [4.78, 5) is 13.0. The van der Waals surface area contributed by atoms with E-state index in [1.807, 2.05) is 24.4 Å². The van der Waals surface area contributed by atoms with Crippen molar-refractivity contribution in [1.82, 2.24) is 29.6 Å². The summed E-state index contributed by atoms with van der Waals surface area (Å²) in [5.41, 5.74) is 0.790. The number of aromatic nitrogens is 5. The van der Waals surface area contributed by atoms with Crippen molar-refractivity contribution in [2.75, 3.05) is 37.7 Å². The van der Waals surface area contributed by atoms with E-state index in [2.05, 4.69) is 34.5 Å². The third-order valence-electron chi connectivity index (χ3n) is 6.76. The van der Waals surface area contributed by atoms with E-state index in [0.29, 0.717) is 24.7 Å². The van der Waals surface area contributed by atoms with Gasteiger partial charge >= 0.3 is 0 Å². The molecule has 3 aliphatic heterocycles. The molecule has 2 aromatic heterocycles. The molecule has 0 atom stereocenters. The Morgan fingerprint density at radius 2 is 1.97 bits per heavy atom. The standard InChI is InChI=1S/C23H25ClFN7O/c24-18-1-2-19-17(9-18)11-30(13-23(25)14-33-15-23)12-21-28-29-22(32(19)21)16-3-7-31(8-4-16)20-10-26-5-6-27-20/h1-2,5-6,9-10,16H,3-4,7-8,11-15H2. The molecule has 6 rings (SSSR count). The van der Waals surface area contributed by atoms with Gasteiger partial charge in [-0.1, -0.05) is 11.6 Å². The average Bonchev–Trinajstić information content (AvgIpc) is 3.15. The number of halogens is 2. The minimum absolute atomic E-state index is 0.147. The molecule has 3 aliphatic rings. The number of piperidine rings is 1. The maximum Gasteiger partial charge on any atom is 0.169 e. The fraction of sp³-hybridized carbons (Fsp3) is 0.478. The molecule has 0 radical (unpaired) electrons. The van der Waals surface area contributed by atoms with Crippen LogP contribution in [0.15, 0.2) is 36.8 Å². The van der Waals surface area contributed by atoms with Gasteiger partial charge in [-0.05, 0) is 36.6 Å². The van der Waals surface area contributed by atoms with Gasteiger partial charge < -0.3 is 9.64 Å². The van der Waals surface area contributed by atoms with Crippen LogP contribution in [0.1, 0.15) is 36.0 Å². The lowest BCUT2D eigenvalue weighted by Gasteiger charge is -2.37. The van der Waals surface area contributed by atoms with Gasteiger partial charge in [-0.15, -0.1) is 10.2 Å². The van der Waals surface area contributed by atoms with Crippen molar-refractivity contribution < 1.29 is 9.13 Å². The SMILES string of the molecule is FC1(CN2Cc3cc(Cl)ccc3-n3c(nnc3C3CCN(c4cnccn4)CC3)C2)COC1. The molecule has 8 nitrogen and oxygen atoms in total. The quantitative estimate of drug-likeness (QED) is 0.581. The molecule has 1 aromatic carbocycles. The lowest BCUT2D eigenvalue weighted by molar-refractivity contribution is -0.142. The molecule has 0 aliphatic carbocycles. The van der Waals surface area contributed by atoms with Crippen LogP contribution >= 0.6 is 11.6 Å². The zero-order chi connectivity index (χ0) is 22.4. The summed E-state index contributed by atoms with van der Waals surface area (Å²) in [6, 6.07) is 5.90. The molecular weight excluding hydrogens is 445 g/mol. The predicted molar refractivity (Wildman–Crippen MR) is 121 cm³/mol. The van der Waals surface area contributed by atoms with E-state index in [1.165, 1.54) is 0 Å². The Bertz CT molecular complexity index is 1140. The zero-order valence-corrected chi connectivity index (χ0v) is 19.0. The first kappa shape index (κ1) is 20.9. The number of benzene rings is 1. The third-order valence-corrected chi connectivity index (χ3v) is 6.99. The number of alkyl halides is 1. The van der Waals surface area contributed by atoms with Crippen molar-refractivity contribution in [3.05, 3.63) is 59.0 Å². The molecule has 0 unspecified atom stereocenters. The molecule has 2 fully saturated rings. The topological polar surface area (TPSA) is 72.2 Å². The van der Waals surface area contributed by atoms with Crippen molar-refractivity contribution in [2.45, 2.75) is 37.5 Å². The van der Waals surface area contributed by atoms with Gasteiger partial charge in [0.05, 0.1) is 31.6 Å². The van der Waals surface area contributed by atoms with Crippen LogP contribution in [0.4, 0.5) is 10.2 Å². The molecule has 0 N–H and O–H groups in total. The van der Waals surface area contributed by atoms with Crippen molar-refractivity contribution >= 4 is 17.4 Å². The van der Waals surface area contributed by atoms with Crippen molar-refractivity contribution in [2.24, 2.45) is 0 Å². The van der Waals surface area contributed by atoms with Gasteiger partial charge in [0.25, 0.3) is 0 Å². The molecule has 172 valence electrons. The Morgan fingerprint density at radius 1 is 1.12 bits per heavy atom. The third kappa shape index (κ3) is 3.98. The first-order valence-electron chi connectivity index (χ1n) is 11.3. The van der Waals surface area contributed by atoms with E-state index in [-0.39, 0.29) is 19.1 Å². The molecule has 10 heteroatoms. The van der Waals surface area contributed by atoms with Gasteiger partial charge in [0, 0.05) is 49.5 Å². The van der Waals surface area contributed by atoms with Crippen LogP contribution in [0.25, 0.3) is 5.69 Å². The Morgan fingerprint density at radius 3 is 2.70 bits per heavy atom. The number of rotatable bonds is 4. The summed E-state index contributed by atoms with van der Waals surface area (Å²) in [5, 5.41) is 9.87. The molecule has 2 saturated heterocycles. The number of hydrogen-bond donors (Lipinski definition) is 0. The van der Waals surface area contributed by atoms with E-state index < -0.39 is 5.67 Å². The summed E-state index contributed by atoms with van der Waals surface area (Å²) in [7, 11) is 0. The molecule has 3 aromatic rings. The molecule has 0 bridgehead atoms. The molecule has 0 saturated carbocycles. The molecule has 0 amide bonds. The number of anilines is 1. The Labute approximate surface area is 196 Å². The highest BCUT2D eigenvalue weighted by molar-refractivity contribution is 6.30. The second kappa shape index (κ2) is 8.30. The van der Waals surface area contributed by atoms with Crippen LogP contribution in [-0.2, 0) is 17.8 Å². The van der Waals surface area contributed by atoms with Gasteiger partial charge in [-0.2, -0.15) is 0 Å². The van der Waals surface area contributed by atoms with E-state index in [0.717, 1.165) is 54.6 Å². The van der Waals surface area contributed by atoms with Gasteiger partial charge in [-0.25, -0.2) is 9.37 Å². The van der Waals surface area contributed by atoms with Crippen LogP contribution in [0.5, 0.6) is 0 Å². The van der Waals surface area contributed by atoms with Gasteiger partial charge in [0.15, 0.2) is 11.5 Å². The Hall–Kier alpha value is -2.62. The van der Waals surface area contributed by atoms with E-state index in [1.54, 1.807) is 12.4 Å². The first-order valence-corrected chi connectivity index (χ1v) is 11.7. The summed E-state index contributed by atoms with van der Waals surface area (Å²) >= 11 is 6.34. The summed E-state index contributed by atoms with van der Waals surface area (Å²) in [6.07, 6.45) is 7.13. The Balaban J connectivity index is 1.29. The number of nitrogens with zero attached hydrogens (tertiary/aromatic N) is 7. The molecule has 0 spiro atoms. The fourth-order valence-electron chi connectivity index (χ4n) is 5.10. The molecule has 33 heavy (non-hydrogen) atoms. The second-order valence-electron chi connectivity index (χ2n) is 9.20.